The number of carbonyl (C=O) groups excluding carboxylic acids is 1. The Labute approximate surface area is 219 Å². The number of hydrogen-bond acceptors (Lipinski definition) is 8. The van der Waals surface area contributed by atoms with Crippen LogP contribution in [0.1, 0.15) is 44.4 Å². The molecule has 3 heterocycles. The molecule has 1 aromatic heterocycles. The molecule has 0 spiro atoms. The Morgan fingerprint density at radius 1 is 1.22 bits per heavy atom. The van der Waals surface area contributed by atoms with Gasteiger partial charge in [-0.25, -0.2) is 14.8 Å². The van der Waals surface area contributed by atoms with Crippen LogP contribution in [0, 0.1) is 0 Å². The maximum atomic E-state index is 11.9. The zero-order valence-corrected chi connectivity index (χ0v) is 22.5. The van der Waals surface area contributed by atoms with Crippen molar-refractivity contribution in [3.8, 4) is 5.75 Å². The van der Waals surface area contributed by atoms with E-state index in [0.717, 1.165) is 73.1 Å². The number of ether oxygens (including phenoxy) is 3. The molecule has 9 heteroatoms. The van der Waals surface area contributed by atoms with E-state index in [4.69, 9.17) is 19.2 Å². The quantitative estimate of drug-likeness (QED) is 0.595. The molecule has 2 aliphatic heterocycles. The Bertz CT molecular complexity index is 1180. The van der Waals surface area contributed by atoms with Crippen molar-refractivity contribution < 1.29 is 19.0 Å². The first-order valence-corrected chi connectivity index (χ1v) is 12.7. The summed E-state index contributed by atoms with van der Waals surface area (Å²) in [6.45, 7) is 16.5. The molecular formula is C28H37N5O4. The molecule has 0 atom stereocenters. The standard InChI is InChI=1S/C28H37N5O4/c1-7-20-17-21(35-6)18-23-24(20)19(2)36-26(31-23)22-9-8-10-29-25(22)33-15-13-32(14-16-33)12-11-30-27(34)37-28(3,4)5/h8-10,17-18H,2,7,11-16H2,1,3-6H3,(H,30,34). The molecule has 37 heavy (non-hydrogen) atoms. The van der Waals surface area contributed by atoms with Gasteiger partial charge in [-0.15, -0.1) is 0 Å². The van der Waals surface area contributed by atoms with Crippen molar-refractivity contribution in [1.82, 2.24) is 15.2 Å². The van der Waals surface area contributed by atoms with E-state index in [2.05, 4.69) is 33.6 Å². The van der Waals surface area contributed by atoms with Gasteiger partial charge in [-0.1, -0.05) is 13.5 Å². The van der Waals surface area contributed by atoms with E-state index in [1.165, 1.54) is 0 Å². The number of rotatable bonds is 7. The highest BCUT2D eigenvalue weighted by molar-refractivity contribution is 6.05. The fraction of sp³-hybridized carbons (Fsp3) is 0.464. The summed E-state index contributed by atoms with van der Waals surface area (Å²) in [7, 11) is 1.66. The van der Waals surface area contributed by atoms with E-state index in [9.17, 15) is 4.79 Å². The molecule has 0 radical (unpaired) electrons. The predicted octanol–water partition coefficient (Wildman–Crippen LogP) is 4.38. The van der Waals surface area contributed by atoms with Gasteiger partial charge in [0.15, 0.2) is 0 Å². The fourth-order valence-electron chi connectivity index (χ4n) is 4.51. The van der Waals surface area contributed by atoms with Crippen molar-refractivity contribution in [3.63, 3.8) is 0 Å². The molecule has 2 aliphatic rings. The SMILES string of the molecule is C=C1OC(c2cccnc2N2CCN(CCNC(=O)OC(C)(C)C)CC2)=Nc2cc(OC)cc(CC)c21. The number of alkyl carbamates (subject to hydrolysis) is 1. The average molecular weight is 508 g/mol. The van der Waals surface area contributed by atoms with E-state index >= 15 is 0 Å². The molecule has 0 saturated carbocycles. The van der Waals surface area contributed by atoms with Gasteiger partial charge in [-0.2, -0.15) is 0 Å². The minimum atomic E-state index is -0.499. The number of piperazine rings is 1. The number of benzene rings is 1. The Morgan fingerprint density at radius 3 is 2.65 bits per heavy atom. The molecule has 1 fully saturated rings. The highest BCUT2D eigenvalue weighted by atomic mass is 16.6. The molecule has 198 valence electrons. The van der Waals surface area contributed by atoms with Crippen LogP contribution in [0.2, 0.25) is 0 Å². The first-order chi connectivity index (χ1) is 17.7. The number of methoxy groups -OCH3 is 1. The minimum absolute atomic E-state index is 0.385. The third-order valence-electron chi connectivity index (χ3n) is 6.30. The minimum Gasteiger partial charge on any atom is -0.497 e. The summed E-state index contributed by atoms with van der Waals surface area (Å²) < 4.78 is 17.0. The number of nitrogens with one attached hydrogen (secondary N) is 1. The molecule has 1 amide bonds. The molecular weight excluding hydrogens is 470 g/mol. The van der Waals surface area contributed by atoms with Crippen LogP contribution < -0.4 is 15.0 Å². The van der Waals surface area contributed by atoms with Crippen molar-refractivity contribution >= 4 is 29.3 Å². The van der Waals surface area contributed by atoms with Crippen LogP contribution in [-0.2, 0) is 15.9 Å². The number of nitrogens with zero attached hydrogens (tertiary/aromatic N) is 4. The molecule has 0 bridgehead atoms. The highest BCUT2D eigenvalue weighted by Crippen LogP contribution is 2.39. The van der Waals surface area contributed by atoms with Gasteiger partial charge in [0.05, 0.1) is 18.4 Å². The van der Waals surface area contributed by atoms with Crippen molar-refractivity contribution in [1.29, 1.82) is 0 Å². The van der Waals surface area contributed by atoms with Crippen LogP contribution in [0.15, 0.2) is 42.0 Å². The second kappa shape index (κ2) is 11.2. The maximum Gasteiger partial charge on any atom is 0.407 e. The van der Waals surface area contributed by atoms with E-state index in [1.54, 1.807) is 13.3 Å². The molecule has 4 rings (SSSR count). The lowest BCUT2D eigenvalue weighted by atomic mass is 10.00. The van der Waals surface area contributed by atoms with Gasteiger partial charge in [0, 0.05) is 57.1 Å². The lowest BCUT2D eigenvalue weighted by molar-refractivity contribution is 0.0521. The van der Waals surface area contributed by atoms with Crippen molar-refractivity contribution in [3.05, 3.63) is 53.7 Å². The summed E-state index contributed by atoms with van der Waals surface area (Å²) in [5.41, 5.74) is 3.13. The molecule has 0 unspecified atom stereocenters. The molecule has 1 N–H and O–H groups in total. The molecule has 0 aliphatic carbocycles. The molecule has 2 aromatic rings. The number of amides is 1. The van der Waals surface area contributed by atoms with Crippen LogP contribution in [0.25, 0.3) is 5.76 Å². The summed E-state index contributed by atoms with van der Waals surface area (Å²) in [6, 6.07) is 7.80. The van der Waals surface area contributed by atoms with Gasteiger partial charge in [0.25, 0.3) is 0 Å². The van der Waals surface area contributed by atoms with Crippen molar-refractivity contribution in [2.75, 3.05) is 51.3 Å². The highest BCUT2D eigenvalue weighted by Gasteiger charge is 2.27. The lowest BCUT2D eigenvalue weighted by Gasteiger charge is -2.36. The summed E-state index contributed by atoms with van der Waals surface area (Å²) in [6.07, 6.45) is 2.23. The largest absolute Gasteiger partial charge is 0.497 e. The van der Waals surface area contributed by atoms with Gasteiger partial charge < -0.3 is 24.4 Å². The number of fused-ring (bicyclic) bond motifs is 1. The van der Waals surface area contributed by atoms with Gasteiger partial charge in [0.1, 0.15) is 22.9 Å². The number of anilines is 1. The van der Waals surface area contributed by atoms with E-state index in [-0.39, 0.29) is 6.09 Å². The van der Waals surface area contributed by atoms with Crippen molar-refractivity contribution in [2.45, 2.75) is 39.7 Å². The number of aliphatic imine (C=N–C) groups is 1. The topological polar surface area (TPSA) is 88.5 Å². The first-order valence-electron chi connectivity index (χ1n) is 12.7. The second-order valence-electron chi connectivity index (χ2n) is 10.1. The summed E-state index contributed by atoms with van der Waals surface area (Å²) in [5.74, 6) is 2.66. The number of aryl methyl sites for hydroxylation is 1. The molecule has 1 saturated heterocycles. The van der Waals surface area contributed by atoms with Crippen LogP contribution in [-0.4, -0.2) is 73.9 Å². The zero-order valence-electron chi connectivity index (χ0n) is 22.5. The van der Waals surface area contributed by atoms with Crippen LogP contribution >= 0.6 is 0 Å². The third-order valence-corrected chi connectivity index (χ3v) is 6.30. The fourth-order valence-corrected chi connectivity index (χ4v) is 4.51. The maximum absolute atomic E-state index is 11.9. The van der Waals surface area contributed by atoms with E-state index < -0.39 is 5.60 Å². The zero-order chi connectivity index (χ0) is 26.6. The smallest absolute Gasteiger partial charge is 0.407 e. The number of hydrogen-bond donors (Lipinski definition) is 1. The van der Waals surface area contributed by atoms with Gasteiger partial charge in [0.2, 0.25) is 5.90 Å². The van der Waals surface area contributed by atoms with Gasteiger partial charge >= 0.3 is 6.09 Å². The van der Waals surface area contributed by atoms with Crippen molar-refractivity contribution in [2.24, 2.45) is 4.99 Å². The Balaban J connectivity index is 1.44. The normalized spacial score (nSPS) is 16.0. The number of carbonyl (C=O) groups is 1. The Kier molecular flexibility index (Phi) is 8.02. The molecule has 1 aromatic carbocycles. The van der Waals surface area contributed by atoms with Gasteiger partial charge in [-0.05, 0) is 51.0 Å². The number of pyridine rings is 1. The van der Waals surface area contributed by atoms with Crippen LogP contribution in [0.5, 0.6) is 5.75 Å². The van der Waals surface area contributed by atoms with E-state index in [0.29, 0.717) is 18.2 Å². The summed E-state index contributed by atoms with van der Waals surface area (Å²) in [5, 5.41) is 2.83. The second-order valence-corrected chi connectivity index (χ2v) is 10.1. The average Bonchev–Trinajstić information content (AvgIpc) is 2.87. The molecule has 9 nitrogen and oxygen atoms in total. The predicted molar refractivity (Wildman–Crippen MR) is 146 cm³/mol. The van der Waals surface area contributed by atoms with Crippen LogP contribution in [0.3, 0.4) is 0 Å². The summed E-state index contributed by atoms with van der Waals surface area (Å²) >= 11 is 0. The summed E-state index contributed by atoms with van der Waals surface area (Å²) in [4.78, 5) is 26.0. The monoisotopic (exact) mass is 507 g/mol. The van der Waals surface area contributed by atoms with Crippen LogP contribution in [0.4, 0.5) is 16.3 Å². The first kappa shape index (κ1) is 26.5. The van der Waals surface area contributed by atoms with Gasteiger partial charge in [-0.3, -0.25) is 4.90 Å². The lowest BCUT2D eigenvalue weighted by Crippen LogP contribution is -2.49. The number of aromatic nitrogens is 1. The third kappa shape index (κ3) is 6.40. The Morgan fingerprint density at radius 2 is 1.97 bits per heavy atom. The Hall–Kier alpha value is -3.59. The van der Waals surface area contributed by atoms with E-state index in [1.807, 2.05) is 45.0 Å².